The fourth-order valence-electron chi connectivity index (χ4n) is 1.47. The number of benzene rings is 1. The Labute approximate surface area is 84.7 Å². The van der Waals surface area contributed by atoms with Crippen molar-refractivity contribution in [1.82, 2.24) is 15.0 Å². The van der Waals surface area contributed by atoms with Crippen molar-refractivity contribution in [3.05, 3.63) is 23.3 Å². The Hall–Kier alpha value is -1.38. The van der Waals surface area contributed by atoms with E-state index in [1.807, 2.05) is 25.6 Å². The van der Waals surface area contributed by atoms with Gasteiger partial charge in [0.2, 0.25) is 0 Å². The highest BCUT2D eigenvalue weighted by molar-refractivity contribution is 5.80. The predicted octanol–water partition coefficient (Wildman–Crippen LogP) is 2.61. The lowest BCUT2D eigenvalue weighted by atomic mass is 10.1. The van der Waals surface area contributed by atoms with E-state index in [4.69, 9.17) is 0 Å². The topological polar surface area (TPSA) is 30.7 Å². The molecular formula is C11H17N3. The Morgan fingerprint density at radius 1 is 1.07 bits per heavy atom. The lowest BCUT2D eigenvalue weighted by Gasteiger charge is -1.98. The Balaban J connectivity index is 0.000000461. The molecule has 0 fully saturated rings. The fraction of sp³-hybridized carbons (Fsp3) is 0.455. The number of aromatic nitrogens is 3. The van der Waals surface area contributed by atoms with Gasteiger partial charge in [0, 0.05) is 7.05 Å². The monoisotopic (exact) mass is 191 g/mol. The zero-order valence-corrected chi connectivity index (χ0v) is 9.50. The zero-order valence-electron chi connectivity index (χ0n) is 9.50. The van der Waals surface area contributed by atoms with Gasteiger partial charge >= 0.3 is 0 Å². The number of aryl methyl sites for hydroxylation is 3. The smallest absolute Gasteiger partial charge is 0.116 e. The van der Waals surface area contributed by atoms with E-state index < -0.39 is 0 Å². The third-order valence-corrected chi connectivity index (χ3v) is 2.16. The van der Waals surface area contributed by atoms with Gasteiger partial charge in [-0.15, -0.1) is 5.10 Å². The molecule has 3 nitrogen and oxygen atoms in total. The number of hydrogen-bond donors (Lipinski definition) is 0. The average molecular weight is 191 g/mol. The normalized spacial score (nSPS) is 9.79. The van der Waals surface area contributed by atoms with Crippen LogP contribution in [-0.2, 0) is 7.05 Å². The fourth-order valence-corrected chi connectivity index (χ4v) is 1.47. The Kier molecular flexibility index (Phi) is 3.23. The molecule has 0 aliphatic rings. The van der Waals surface area contributed by atoms with Crippen LogP contribution >= 0.6 is 0 Å². The quantitative estimate of drug-likeness (QED) is 0.641. The highest BCUT2D eigenvalue weighted by atomic mass is 15.4. The van der Waals surface area contributed by atoms with Crippen LogP contribution in [0.5, 0.6) is 0 Å². The van der Waals surface area contributed by atoms with Crippen LogP contribution in [0.25, 0.3) is 11.0 Å². The molecule has 0 amide bonds. The molecule has 0 aliphatic carbocycles. The van der Waals surface area contributed by atoms with E-state index >= 15 is 0 Å². The first kappa shape index (κ1) is 10.7. The van der Waals surface area contributed by atoms with E-state index in [0.29, 0.717) is 0 Å². The third-order valence-electron chi connectivity index (χ3n) is 2.16. The lowest BCUT2D eigenvalue weighted by Crippen LogP contribution is -1.91. The number of rotatable bonds is 0. The molecule has 1 aromatic heterocycles. The van der Waals surface area contributed by atoms with Crippen molar-refractivity contribution in [1.29, 1.82) is 0 Å². The summed E-state index contributed by atoms with van der Waals surface area (Å²) in [6.45, 7) is 8.13. The van der Waals surface area contributed by atoms with Gasteiger partial charge in [-0.2, -0.15) is 0 Å². The van der Waals surface area contributed by atoms with Crippen LogP contribution in [0.4, 0.5) is 0 Å². The Morgan fingerprint density at radius 3 is 2.21 bits per heavy atom. The van der Waals surface area contributed by atoms with Gasteiger partial charge in [0.15, 0.2) is 0 Å². The van der Waals surface area contributed by atoms with Crippen molar-refractivity contribution in [2.75, 3.05) is 0 Å². The average Bonchev–Trinajstić information content (AvgIpc) is 2.59. The van der Waals surface area contributed by atoms with Gasteiger partial charge in [-0.3, -0.25) is 0 Å². The van der Waals surface area contributed by atoms with Crippen LogP contribution in [0.1, 0.15) is 25.0 Å². The predicted molar refractivity (Wildman–Crippen MR) is 59.3 cm³/mol. The van der Waals surface area contributed by atoms with Crippen LogP contribution in [0, 0.1) is 13.8 Å². The molecule has 14 heavy (non-hydrogen) atoms. The standard InChI is InChI=1S/C9H11N3.C2H6/c1-6-4-5-7(2)9-8(6)10-11-12(9)3;1-2/h4-5H,1-3H3;1-2H3. The van der Waals surface area contributed by atoms with Crippen LogP contribution in [-0.4, -0.2) is 15.0 Å². The molecule has 2 aromatic rings. The molecule has 2 rings (SSSR count). The van der Waals surface area contributed by atoms with Crippen molar-refractivity contribution in [2.45, 2.75) is 27.7 Å². The van der Waals surface area contributed by atoms with E-state index in [0.717, 1.165) is 11.0 Å². The minimum atomic E-state index is 1.01. The van der Waals surface area contributed by atoms with E-state index in [1.165, 1.54) is 11.1 Å². The molecule has 0 radical (unpaired) electrons. The molecule has 1 heterocycles. The molecule has 0 N–H and O–H groups in total. The summed E-state index contributed by atoms with van der Waals surface area (Å²) in [6.07, 6.45) is 0. The zero-order chi connectivity index (χ0) is 10.7. The van der Waals surface area contributed by atoms with Crippen molar-refractivity contribution >= 4 is 11.0 Å². The second-order valence-corrected chi connectivity index (χ2v) is 3.11. The Bertz CT molecular complexity index is 429. The largest absolute Gasteiger partial charge is 0.247 e. The number of fused-ring (bicyclic) bond motifs is 1. The first-order chi connectivity index (χ1) is 6.70. The summed E-state index contributed by atoms with van der Waals surface area (Å²) in [5, 5.41) is 8.08. The van der Waals surface area contributed by atoms with Gasteiger partial charge in [0.05, 0.1) is 5.52 Å². The van der Waals surface area contributed by atoms with E-state index in [9.17, 15) is 0 Å². The summed E-state index contributed by atoms with van der Waals surface area (Å²) in [4.78, 5) is 0. The first-order valence-corrected chi connectivity index (χ1v) is 4.96. The molecule has 0 saturated heterocycles. The maximum atomic E-state index is 4.09. The van der Waals surface area contributed by atoms with E-state index in [2.05, 4.69) is 36.3 Å². The third kappa shape index (κ3) is 1.62. The Morgan fingerprint density at radius 2 is 1.64 bits per heavy atom. The number of hydrogen-bond acceptors (Lipinski definition) is 2. The SMILES string of the molecule is CC.Cc1ccc(C)c2c1nnn2C. The maximum absolute atomic E-state index is 4.09. The van der Waals surface area contributed by atoms with Crippen LogP contribution in [0.3, 0.4) is 0 Å². The van der Waals surface area contributed by atoms with Gasteiger partial charge in [-0.25, -0.2) is 4.68 Å². The summed E-state index contributed by atoms with van der Waals surface area (Å²) in [5.41, 5.74) is 4.55. The molecule has 0 aliphatic heterocycles. The molecule has 0 atom stereocenters. The molecule has 76 valence electrons. The van der Waals surface area contributed by atoms with Crippen LogP contribution < -0.4 is 0 Å². The summed E-state index contributed by atoms with van der Waals surface area (Å²) in [5.74, 6) is 0. The van der Waals surface area contributed by atoms with Gasteiger partial charge in [0.25, 0.3) is 0 Å². The summed E-state index contributed by atoms with van der Waals surface area (Å²) >= 11 is 0. The second-order valence-electron chi connectivity index (χ2n) is 3.11. The van der Waals surface area contributed by atoms with Crippen molar-refractivity contribution in [3.8, 4) is 0 Å². The first-order valence-electron chi connectivity index (χ1n) is 4.96. The van der Waals surface area contributed by atoms with Crippen molar-refractivity contribution in [2.24, 2.45) is 7.05 Å². The van der Waals surface area contributed by atoms with Gasteiger partial charge in [-0.05, 0) is 25.0 Å². The lowest BCUT2D eigenvalue weighted by molar-refractivity contribution is 0.735. The summed E-state index contributed by atoms with van der Waals surface area (Å²) < 4.78 is 1.82. The molecule has 0 unspecified atom stereocenters. The summed E-state index contributed by atoms with van der Waals surface area (Å²) in [7, 11) is 1.92. The number of nitrogens with zero attached hydrogens (tertiary/aromatic N) is 3. The van der Waals surface area contributed by atoms with Gasteiger partial charge in [-0.1, -0.05) is 31.2 Å². The molecule has 3 heteroatoms. The highest BCUT2D eigenvalue weighted by Gasteiger charge is 2.05. The second kappa shape index (κ2) is 4.22. The van der Waals surface area contributed by atoms with Gasteiger partial charge < -0.3 is 0 Å². The van der Waals surface area contributed by atoms with Crippen molar-refractivity contribution in [3.63, 3.8) is 0 Å². The maximum Gasteiger partial charge on any atom is 0.116 e. The minimum absolute atomic E-state index is 1.01. The molecule has 0 bridgehead atoms. The summed E-state index contributed by atoms with van der Waals surface area (Å²) in [6, 6.07) is 4.17. The van der Waals surface area contributed by atoms with Gasteiger partial charge in [0.1, 0.15) is 5.52 Å². The molecular weight excluding hydrogens is 174 g/mol. The van der Waals surface area contributed by atoms with E-state index in [-0.39, 0.29) is 0 Å². The minimum Gasteiger partial charge on any atom is -0.247 e. The highest BCUT2D eigenvalue weighted by Crippen LogP contribution is 2.18. The van der Waals surface area contributed by atoms with Crippen LogP contribution in [0.2, 0.25) is 0 Å². The van der Waals surface area contributed by atoms with Crippen molar-refractivity contribution < 1.29 is 0 Å². The molecule has 1 aromatic carbocycles. The molecule has 0 saturated carbocycles. The van der Waals surface area contributed by atoms with E-state index in [1.54, 1.807) is 0 Å². The van der Waals surface area contributed by atoms with Crippen LogP contribution in [0.15, 0.2) is 12.1 Å². The molecule has 0 spiro atoms.